The summed E-state index contributed by atoms with van der Waals surface area (Å²) >= 11 is 0. The Labute approximate surface area is 208 Å². The molecule has 0 spiro atoms. The molecular weight excluding hydrogens is 457 g/mol. The minimum atomic E-state index is -0.970. The summed E-state index contributed by atoms with van der Waals surface area (Å²) in [7, 11) is 0. The summed E-state index contributed by atoms with van der Waals surface area (Å²) in [5.41, 5.74) is 9.21. The van der Waals surface area contributed by atoms with Crippen molar-refractivity contribution in [1.82, 2.24) is 14.6 Å². The first-order valence-corrected chi connectivity index (χ1v) is 12.6. The number of nitrogens with zero attached hydrogens (tertiary/aromatic N) is 3. The number of aryl methyl sites for hydroxylation is 3. The van der Waals surface area contributed by atoms with E-state index in [-0.39, 0.29) is 6.42 Å². The fraction of sp³-hybridized carbons (Fsp3) is 0.345. The van der Waals surface area contributed by atoms with Gasteiger partial charge in [0.25, 0.3) is 0 Å². The molecule has 1 aliphatic carbocycles. The predicted octanol–water partition coefficient (Wildman–Crippen LogP) is 5.65. The van der Waals surface area contributed by atoms with Crippen molar-refractivity contribution < 1.29 is 19.0 Å². The van der Waals surface area contributed by atoms with Crippen LogP contribution in [0, 0.1) is 19.7 Å². The summed E-state index contributed by atoms with van der Waals surface area (Å²) in [6.45, 7) is 4.25. The zero-order chi connectivity index (χ0) is 25.0. The molecule has 36 heavy (non-hydrogen) atoms. The largest absolute Gasteiger partial charge is 0.490 e. The third-order valence-corrected chi connectivity index (χ3v) is 7.57. The van der Waals surface area contributed by atoms with Gasteiger partial charge in [-0.15, -0.1) is 0 Å². The van der Waals surface area contributed by atoms with Crippen molar-refractivity contribution in [3.63, 3.8) is 0 Å². The van der Waals surface area contributed by atoms with E-state index in [9.17, 15) is 9.90 Å². The molecule has 0 bridgehead atoms. The Bertz CT molecular complexity index is 1540. The zero-order valence-electron chi connectivity index (χ0n) is 20.5. The molecule has 2 aromatic heterocycles. The van der Waals surface area contributed by atoms with E-state index in [1.807, 2.05) is 13.0 Å². The average Bonchev–Trinajstić information content (AvgIpc) is 3.30. The lowest BCUT2D eigenvalue weighted by atomic mass is 9.90. The molecule has 1 N–H and O–H groups in total. The Kier molecular flexibility index (Phi) is 5.51. The topological polar surface area (TPSA) is 76.7 Å². The lowest BCUT2D eigenvalue weighted by Crippen LogP contribution is -2.14. The Morgan fingerprint density at radius 1 is 1.08 bits per heavy atom. The molecule has 0 radical (unpaired) electrons. The second-order valence-electron chi connectivity index (χ2n) is 9.88. The molecule has 3 heterocycles. The molecule has 2 aromatic carbocycles. The Hall–Kier alpha value is -3.74. The SMILES string of the molecule is Cc1nc2cc(-c3ccc4c(c3)CCCC4)nn2c(-c2cc(F)c3c(c2C)CCCO3)c1CC(=O)O. The highest BCUT2D eigenvalue weighted by Crippen LogP contribution is 2.39. The van der Waals surface area contributed by atoms with Crippen LogP contribution in [0.2, 0.25) is 0 Å². The van der Waals surface area contributed by atoms with Gasteiger partial charge in [-0.2, -0.15) is 5.10 Å². The Morgan fingerprint density at radius 2 is 1.89 bits per heavy atom. The summed E-state index contributed by atoms with van der Waals surface area (Å²) in [6, 6.07) is 9.88. The molecule has 7 heteroatoms. The number of carboxylic acid groups (broad SMARTS) is 1. The summed E-state index contributed by atoms with van der Waals surface area (Å²) in [5.74, 6) is -1.10. The lowest BCUT2D eigenvalue weighted by molar-refractivity contribution is -0.136. The van der Waals surface area contributed by atoms with Gasteiger partial charge in [0, 0.05) is 34.0 Å². The molecule has 0 saturated heterocycles. The smallest absolute Gasteiger partial charge is 0.307 e. The first kappa shape index (κ1) is 22.7. The van der Waals surface area contributed by atoms with Gasteiger partial charge in [-0.3, -0.25) is 4.79 Å². The van der Waals surface area contributed by atoms with E-state index < -0.39 is 11.8 Å². The number of rotatable bonds is 4. The number of hydrogen-bond donors (Lipinski definition) is 1. The van der Waals surface area contributed by atoms with Crippen molar-refractivity contribution in [2.45, 2.75) is 58.8 Å². The van der Waals surface area contributed by atoms with E-state index in [4.69, 9.17) is 14.8 Å². The van der Waals surface area contributed by atoms with E-state index in [1.54, 1.807) is 11.4 Å². The highest BCUT2D eigenvalue weighted by Gasteiger charge is 2.26. The number of hydrogen-bond acceptors (Lipinski definition) is 4. The molecular formula is C29H28FN3O3. The fourth-order valence-electron chi connectivity index (χ4n) is 5.73. The third-order valence-electron chi connectivity index (χ3n) is 7.57. The number of fused-ring (bicyclic) bond motifs is 3. The lowest BCUT2D eigenvalue weighted by Gasteiger charge is -2.23. The Balaban J connectivity index is 1.60. The molecule has 0 amide bonds. The maximum atomic E-state index is 15.2. The van der Waals surface area contributed by atoms with Crippen LogP contribution >= 0.6 is 0 Å². The number of carboxylic acids is 1. The van der Waals surface area contributed by atoms with Gasteiger partial charge in [-0.05, 0) is 81.2 Å². The zero-order valence-corrected chi connectivity index (χ0v) is 20.5. The molecule has 1 aliphatic heterocycles. The van der Waals surface area contributed by atoms with E-state index >= 15 is 4.39 Å². The molecule has 0 saturated carbocycles. The van der Waals surface area contributed by atoms with Gasteiger partial charge in [0.15, 0.2) is 17.2 Å². The molecule has 0 fully saturated rings. The molecule has 0 atom stereocenters. The molecule has 184 valence electrons. The second kappa shape index (κ2) is 8.73. The van der Waals surface area contributed by atoms with Crippen molar-refractivity contribution in [2.75, 3.05) is 6.61 Å². The van der Waals surface area contributed by atoms with E-state index in [1.165, 1.54) is 30.0 Å². The van der Waals surface area contributed by atoms with Crippen LogP contribution in [0.4, 0.5) is 4.39 Å². The van der Waals surface area contributed by atoms with Crippen molar-refractivity contribution in [3.05, 3.63) is 69.7 Å². The van der Waals surface area contributed by atoms with Gasteiger partial charge >= 0.3 is 5.97 Å². The van der Waals surface area contributed by atoms with Gasteiger partial charge in [-0.25, -0.2) is 13.9 Å². The van der Waals surface area contributed by atoms with E-state index in [0.29, 0.717) is 46.9 Å². The van der Waals surface area contributed by atoms with E-state index in [0.717, 1.165) is 41.6 Å². The van der Waals surface area contributed by atoms with Gasteiger partial charge in [-0.1, -0.05) is 12.1 Å². The van der Waals surface area contributed by atoms with Crippen molar-refractivity contribution in [1.29, 1.82) is 0 Å². The maximum absolute atomic E-state index is 15.2. The summed E-state index contributed by atoms with van der Waals surface area (Å²) in [6.07, 6.45) is 5.89. The number of aromatic nitrogens is 3. The highest BCUT2D eigenvalue weighted by molar-refractivity contribution is 5.80. The van der Waals surface area contributed by atoms with Crippen LogP contribution in [-0.4, -0.2) is 32.3 Å². The van der Waals surface area contributed by atoms with Crippen molar-refractivity contribution in [3.8, 4) is 28.3 Å². The Morgan fingerprint density at radius 3 is 2.69 bits per heavy atom. The summed E-state index contributed by atoms with van der Waals surface area (Å²) < 4.78 is 22.6. The van der Waals surface area contributed by atoms with Crippen LogP contribution < -0.4 is 4.74 Å². The first-order valence-electron chi connectivity index (χ1n) is 12.6. The van der Waals surface area contributed by atoms with Crippen LogP contribution in [0.15, 0.2) is 30.3 Å². The van der Waals surface area contributed by atoms with Gasteiger partial charge in [0.2, 0.25) is 0 Å². The number of ether oxygens (including phenoxy) is 1. The number of halogens is 1. The van der Waals surface area contributed by atoms with Gasteiger partial charge in [0.05, 0.1) is 24.4 Å². The van der Waals surface area contributed by atoms with Crippen LogP contribution in [-0.2, 0) is 30.5 Å². The highest BCUT2D eigenvalue weighted by atomic mass is 19.1. The van der Waals surface area contributed by atoms with Crippen LogP contribution in [0.1, 0.15) is 52.8 Å². The minimum Gasteiger partial charge on any atom is -0.490 e. The molecule has 2 aliphatic rings. The predicted molar refractivity (Wildman–Crippen MR) is 135 cm³/mol. The number of aliphatic carboxylic acids is 1. The van der Waals surface area contributed by atoms with E-state index in [2.05, 4.69) is 18.2 Å². The maximum Gasteiger partial charge on any atom is 0.307 e. The second-order valence-corrected chi connectivity index (χ2v) is 9.88. The number of benzene rings is 2. The van der Waals surface area contributed by atoms with Crippen LogP contribution in [0.5, 0.6) is 5.75 Å². The summed E-state index contributed by atoms with van der Waals surface area (Å²) in [5, 5.41) is 14.6. The quantitative estimate of drug-likeness (QED) is 0.404. The number of carbonyl (C=O) groups is 1. The van der Waals surface area contributed by atoms with Gasteiger partial charge < -0.3 is 9.84 Å². The third kappa shape index (κ3) is 3.74. The van der Waals surface area contributed by atoms with Crippen LogP contribution in [0.25, 0.3) is 28.2 Å². The summed E-state index contributed by atoms with van der Waals surface area (Å²) in [4.78, 5) is 16.5. The normalized spacial score (nSPS) is 14.9. The van der Waals surface area contributed by atoms with Crippen molar-refractivity contribution in [2.24, 2.45) is 0 Å². The molecule has 6 nitrogen and oxygen atoms in total. The molecule has 0 unspecified atom stereocenters. The monoisotopic (exact) mass is 485 g/mol. The van der Waals surface area contributed by atoms with Gasteiger partial charge in [0.1, 0.15) is 0 Å². The molecule has 4 aromatic rings. The van der Waals surface area contributed by atoms with Crippen molar-refractivity contribution >= 4 is 11.6 Å². The first-order chi connectivity index (χ1) is 17.4. The fourth-order valence-corrected chi connectivity index (χ4v) is 5.73. The minimum absolute atomic E-state index is 0.229. The standard InChI is InChI=1S/C29H28FN3O3/c1-16-21-8-5-11-36-29(21)24(30)13-22(16)28-23(14-27(34)35)17(2)31-26-15-25(32-33(26)28)20-10-9-18-6-3-4-7-19(18)12-20/h9-10,12-13,15H,3-8,11,14H2,1-2H3,(H,34,35). The molecule has 6 rings (SSSR count). The van der Waals surface area contributed by atoms with Crippen LogP contribution in [0.3, 0.4) is 0 Å². The average molecular weight is 486 g/mol.